The third kappa shape index (κ3) is 3.14. The molecule has 2 aromatic heterocycles. The second kappa shape index (κ2) is 6.01. The van der Waals surface area contributed by atoms with Gasteiger partial charge in [-0.15, -0.1) is 21.5 Å². The molecule has 10 heteroatoms. The Labute approximate surface area is 119 Å². The number of carbonyl (C=O) groups is 2. The van der Waals surface area contributed by atoms with Crippen molar-refractivity contribution in [2.45, 2.75) is 6.43 Å². The van der Waals surface area contributed by atoms with E-state index in [0.29, 0.717) is 11.3 Å². The number of alkyl halides is 2. The lowest BCUT2D eigenvalue weighted by Gasteiger charge is -1.97. The SMILES string of the molecule is COC(=O)c1ccc(C(=O)Nc2nnc(C(F)F)s2)s1. The third-order valence-electron chi connectivity index (χ3n) is 2.06. The molecule has 0 spiro atoms. The molecule has 6 nitrogen and oxygen atoms in total. The van der Waals surface area contributed by atoms with Gasteiger partial charge < -0.3 is 4.74 Å². The second-order valence-corrected chi connectivity index (χ2v) is 5.45. The Kier molecular flexibility index (Phi) is 4.35. The van der Waals surface area contributed by atoms with Crippen molar-refractivity contribution in [3.8, 4) is 0 Å². The molecule has 0 bridgehead atoms. The van der Waals surface area contributed by atoms with Gasteiger partial charge in [0.05, 0.1) is 12.0 Å². The van der Waals surface area contributed by atoms with Crippen molar-refractivity contribution < 1.29 is 23.1 Å². The largest absolute Gasteiger partial charge is 0.465 e. The number of nitrogens with one attached hydrogen (secondary N) is 1. The predicted octanol–water partition coefficient (Wildman–Crippen LogP) is 2.58. The van der Waals surface area contributed by atoms with E-state index in [9.17, 15) is 18.4 Å². The van der Waals surface area contributed by atoms with Gasteiger partial charge in [-0.1, -0.05) is 11.3 Å². The first-order valence-corrected chi connectivity index (χ1v) is 6.75. The van der Waals surface area contributed by atoms with Crippen molar-refractivity contribution >= 4 is 39.7 Å². The van der Waals surface area contributed by atoms with Gasteiger partial charge >= 0.3 is 5.97 Å². The van der Waals surface area contributed by atoms with Crippen LogP contribution in [-0.4, -0.2) is 29.2 Å². The molecule has 2 aromatic rings. The molecule has 1 N–H and O–H groups in total. The molecule has 0 aliphatic heterocycles. The van der Waals surface area contributed by atoms with Crippen LogP contribution >= 0.6 is 22.7 Å². The summed E-state index contributed by atoms with van der Waals surface area (Å²) in [6.07, 6.45) is -2.73. The summed E-state index contributed by atoms with van der Waals surface area (Å²) in [6.45, 7) is 0. The lowest BCUT2D eigenvalue weighted by atomic mass is 10.4. The molecule has 0 fully saturated rings. The molecule has 0 aromatic carbocycles. The molecule has 0 atom stereocenters. The van der Waals surface area contributed by atoms with Gasteiger partial charge in [0.15, 0.2) is 5.01 Å². The van der Waals surface area contributed by atoms with Gasteiger partial charge in [0.25, 0.3) is 12.3 Å². The van der Waals surface area contributed by atoms with E-state index in [-0.39, 0.29) is 14.9 Å². The zero-order valence-electron chi connectivity index (χ0n) is 9.92. The topological polar surface area (TPSA) is 81.2 Å². The highest BCUT2D eigenvalue weighted by atomic mass is 32.1. The first-order valence-electron chi connectivity index (χ1n) is 5.12. The van der Waals surface area contributed by atoms with Crippen molar-refractivity contribution in [1.82, 2.24) is 10.2 Å². The number of thiophene rings is 1. The summed E-state index contributed by atoms with van der Waals surface area (Å²) in [6, 6.07) is 2.87. The highest BCUT2D eigenvalue weighted by Gasteiger charge is 2.18. The monoisotopic (exact) mass is 319 g/mol. The van der Waals surface area contributed by atoms with Gasteiger partial charge in [-0.05, 0) is 12.1 Å². The van der Waals surface area contributed by atoms with Crippen molar-refractivity contribution in [3.05, 3.63) is 26.9 Å². The number of aromatic nitrogens is 2. The first-order chi connectivity index (χ1) is 9.51. The molecule has 106 valence electrons. The normalized spacial score (nSPS) is 10.6. The second-order valence-electron chi connectivity index (χ2n) is 3.36. The number of ether oxygens (including phenoxy) is 1. The van der Waals surface area contributed by atoms with Crippen molar-refractivity contribution in [3.63, 3.8) is 0 Å². The summed E-state index contributed by atoms with van der Waals surface area (Å²) < 4.78 is 29.1. The van der Waals surface area contributed by atoms with Gasteiger partial charge in [0.1, 0.15) is 4.88 Å². The average molecular weight is 319 g/mol. The molecule has 0 unspecified atom stereocenters. The fourth-order valence-corrected chi connectivity index (χ4v) is 2.62. The van der Waals surface area contributed by atoms with Crippen molar-refractivity contribution in [1.29, 1.82) is 0 Å². The van der Waals surface area contributed by atoms with E-state index in [1.807, 2.05) is 0 Å². The summed E-state index contributed by atoms with van der Waals surface area (Å²) in [5.74, 6) is -1.10. The molecular weight excluding hydrogens is 312 g/mol. The van der Waals surface area contributed by atoms with Gasteiger partial charge in [-0.3, -0.25) is 10.1 Å². The van der Waals surface area contributed by atoms with Crippen LogP contribution in [0.4, 0.5) is 13.9 Å². The summed E-state index contributed by atoms with van der Waals surface area (Å²) in [5, 5.41) is 8.51. The standard InChI is InChI=1S/C10H7F2N3O3S2/c1-18-9(17)5-3-2-4(19-5)7(16)13-10-15-14-8(20-10)6(11)12/h2-3,6H,1H3,(H,13,15,16). The molecule has 20 heavy (non-hydrogen) atoms. The Morgan fingerprint density at radius 3 is 2.55 bits per heavy atom. The van der Waals surface area contributed by atoms with E-state index in [0.717, 1.165) is 11.3 Å². The van der Waals surface area contributed by atoms with Crippen LogP contribution in [-0.2, 0) is 4.74 Å². The van der Waals surface area contributed by atoms with E-state index < -0.39 is 23.3 Å². The van der Waals surface area contributed by atoms with Crippen LogP contribution in [0, 0.1) is 0 Å². The highest BCUT2D eigenvalue weighted by Crippen LogP contribution is 2.26. The molecule has 2 rings (SSSR count). The van der Waals surface area contributed by atoms with Crippen molar-refractivity contribution in [2.75, 3.05) is 12.4 Å². The molecule has 1 amide bonds. The van der Waals surface area contributed by atoms with Crippen LogP contribution in [0.3, 0.4) is 0 Å². The van der Waals surface area contributed by atoms with Gasteiger partial charge in [-0.2, -0.15) is 0 Å². The number of hydrogen-bond acceptors (Lipinski definition) is 7. The Balaban J connectivity index is 2.07. The smallest absolute Gasteiger partial charge is 0.348 e. The van der Waals surface area contributed by atoms with E-state index in [1.54, 1.807) is 0 Å². The molecule has 0 aliphatic rings. The van der Waals surface area contributed by atoms with E-state index >= 15 is 0 Å². The molecule has 0 radical (unpaired) electrons. The Morgan fingerprint density at radius 1 is 1.25 bits per heavy atom. The minimum absolute atomic E-state index is 0.0293. The van der Waals surface area contributed by atoms with Crippen molar-refractivity contribution in [2.24, 2.45) is 0 Å². The lowest BCUT2D eigenvalue weighted by molar-refractivity contribution is 0.0606. The minimum Gasteiger partial charge on any atom is -0.465 e. The molecule has 0 saturated carbocycles. The van der Waals surface area contributed by atoms with Crippen LogP contribution < -0.4 is 5.32 Å². The lowest BCUT2D eigenvalue weighted by Crippen LogP contribution is -2.09. The number of carbonyl (C=O) groups excluding carboxylic acids is 2. The minimum atomic E-state index is -2.73. The van der Waals surface area contributed by atoms with Crippen LogP contribution in [0.5, 0.6) is 0 Å². The number of rotatable bonds is 4. The number of methoxy groups -OCH3 is 1. The summed E-state index contributed by atoms with van der Waals surface area (Å²) in [5.41, 5.74) is 0. The van der Waals surface area contributed by atoms with Crippen LogP contribution in [0.1, 0.15) is 30.8 Å². The van der Waals surface area contributed by atoms with E-state index in [2.05, 4.69) is 20.3 Å². The number of anilines is 1. The Bertz CT molecular complexity index is 641. The zero-order chi connectivity index (χ0) is 14.7. The van der Waals surface area contributed by atoms with Gasteiger partial charge in [-0.25, -0.2) is 13.6 Å². The Morgan fingerprint density at radius 2 is 1.95 bits per heavy atom. The fraction of sp³-hybridized carbons (Fsp3) is 0.200. The predicted molar refractivity (Wildman–Crippen MR) is 68.5 cm³/mol. The Hall–Kier alpha value is -1.94. The van der Waals surface area contributed by atoms with Crippen LogP contribution in [0.15, 0.2) is 12.1 Å². The maximum absolute atomic E-state index is 12.3. The van der Waals surface area contributed by atoms with Crippen LogP contribution in [0.2, 0.25) is 0 Å². The average Bonchev–Trinajstić information content (AvgIpc) is 3.06. The molecule has 0 aliphatic carbocycles. The summed E-state index contributed by atoms with van der Waals surface area (Å²) in [4.78, 5) is 23.6. The number of esters is 1. The fourth-order valence-electron chi connectivity index (χ4n) is 1.20. The maximum Gasteiger partial charge on any atom is 0.348 e. The van der Waals surface area contributed by atoms with Gasteiger partial charge in [0, 0.05) is 0 Å². The first kappa shape index (κ1) is 14.5. The van der Waals surface area contributed by atoms with Gasteiger partial charge in [0.2, 0.25) is 5.13 Å². The van der Waals surface area contributed by atoms with Crippen LogP contribution in [0.25, 0.3) is 0 Å². The molecular formula is C10H7F2N3O3S2. The summed E-state index contributed by atoms with van der Waals surface area (Å²) >= 11 is 1.52. The quantitative estimate of drug-likeness (QED) is 0.876. The number of nitrogens with zero attached hydrogens (tertiary/aromatic N) is 2. The number of amides is 1. The number of halogens is 2. The van der Waals surface area contributed by atoms with E-state index in [1.165, 1.54) is 19.2 Å². The summed E-state index contributed by atoms with van der Waals surface area (Å²) in [7, 11) is 1.23. The third-order valence-corrected chi connectivity index (χ3v) is 3.97. The maximum atomic E-state index is 12.3. The van der Waals surface area contributed by atoms with E-state index in [4.69, 9.17) is 0 Å². The molecule has 2 heterocycles. The molecule has 0 saturated heterocycles. The zero-order valence-corrected chi connectivity index (χ0v) is 11.6. The number of hydrogen-bond donors (Lipinski definition) is 1. The highest BCUT2D eigenvalue weighted by molar-refractivity contribution is 7.17.